The lowest BCUT2D eigenvalue weighted by atomic mass is 9.89. The van der Waals surface area contributed by atoms with Gasteiger partial charge in [0.05, 0.1) is 23.6 Å². The smallest absolute Gasteiger partial charge is 0.211 e. The number of aliphatic hydroxyl groups is 1. The van der Waals surface area contributed by atoms with Crippen LogP contribution in [0.1, 0.15) is 18.4 Å². The molecule has 1 aliphatic heterocycles. The predicted octanol–water partition coefficient (Wildman–Crippen LogP) is 1.71. The minimum atomic E-state index is -3.16. The molecule has 0 radical (unpaired) electrons. The quantitative estimate of drug-likeness (QED) is 0.858. The number of nitrogens with zero attached hydrogens (tertiary/aromatic N) is 2. The topological polar surface area (TPSA) is 86.3 Å². The summed E-state index contributed by atoms with van der Waals surface area (Å²) in [7, 11) is -3.16. The maximum atomic E-state index is 11.7. The lowest BCUT2D eigenvalue weighted by Crippen LogP contribution is -2.31. The maximum Gasteiger partial charge on any atom is 0.211 e. The molecule has 1 saturated carbocycles. The number of hydrogen-bond donors (Lipinski definition) is 2. The van der Waals surface area contributed by atoms with Crippen LogP contribution in [0.25, 0.3) is 10.9 Å². The third-order valence-electron chi connectivity index (χ3n) is 5.23. The van der Waals surface area contributed by atoms with Crippen LogP contribution in [0.4, 0.5) is 0 Å². The van der Waals surface area contributed by atoms with E-state index in [9.17, 15) is 13.5 Å². The molecule has 0 bridgehead atoms. The second-order valence-corrected chi connectivity index (χ2v) is 9.25. The molecule has 2 aliphatic rings. The molecule has 2 unspecified atom stereocenters. The van der Waals surface area contributed by atoms with E-state index in [0.717, 1.165) is 16.5 Å². The van der Waals surface area contributed by atoms with Crippen LogP contribution in [0.3, 0.4) is 0 Å². The van der Waals surface area contributed by atoms with Gasteiger partial charge in [0.1, 0.15) is 0 Å². The van der Waals surface area contributed by atoms with Gasteiger partial charge in [0.25, 0.3) is 0 Å². The van der Waals surface area contributed by atoms with Gasteiger partial charge in [-0.3, -0.25) is 5.10 Å². The van der Waals surface area contributed by atoms with E-state index in [1.54, 1.807) is 12.3 Å². The highest BCUT2D eigenvalue weighted by Gasteiger charge is 2.51. The normalized spacial score (nSPS) is 31.8. The first kappa shape index (κ1) is 15.4. The number of aromatic amines is 1. The zero-order valence-corrected chi connectivity index (χ0v) is 14.2. The van der Waals surface area contributed by atoms with E-state index in [0.29, 0.717) is 31.0 Å². The minimum absolute atomic E-state index is 0.173. The van der Waals surface area contributed by atoms with Crippen molar-refractivity contribution in [3.8, 4) is 0 Å². The third kappa shape index (κ3) is 2.46. The molecule has 124 valence electrons. The lowest BCUT2D eigenvalue weighted by Gasteiger charge is -2.26. The van der Waals surface area contributed by atoms with E-state index >= 15 is 0 Å². The largest absolute Gasteiger partial charge is 0.385 e. The van der Waals surface area contributed by atoms with Crippen molar-refractivity contribution in [1.82, 2.24) is 14.5 Å². The van der Waals surface area contributed by atoms with E-state index < -0.39 is 15.6 Å². The Morgan fingerprint density at radius 3 is 2.61 bits per heavy atom. The van der Waals surface area contributed by atoms with Crippen LogP contribution < -0.4 is 0 Å². The molecule has 4 rings (SSSR count). The second-order valence-electron chi connectivity index (χ2n) is 6.83. The van der Waals surface area contributed by atoms with Crippen molar-refractivity contribution in [3.05, 3.63) is 28.9 Å². The summed E-state index contributed by atoms with van der Waals surface area (Å²) in [5.74, 6) is 0.346. The van der Waals surface area contributed by atoms with Crippen molar-refractivity contribution in [1.29, 1.82) is 0 Å². The van der Waals surface area contributed by atoms with Gasteiger partial charge in [-0.05, 0) is 36.8 Å². The van der Waals surface area contributed by atoms with Crippen molar-refractivity contribution in [2.45, 2.75) is 18.4 Å². The molecule has 2 fully saturated rings. The lowest BCUT2D eigenvalue weighted by molar-refractivity contribution is 0.0352. The van der Waals surface area contributed by atoms with Gasteiger partial charge in [0.2, 0.25) is 10.0 Å². The fourth-order valence-corrected chi connectivity index (χ4v) is 5.34. The summed E-state index contributed by atoms with van der Waals surface area (Å²) in [5, 5.41) is 19.6. The summed E-state index contributed by atoms with van der Waals surface area (Å²) in [5.41, 5.74) is 0.573. The van der Waals surface area contributed by atoms with Crippen LogP contribution >= 0.6 is 11.6 Å². The number of halogens is 1. The molecule has 1 aromatic carbocycles. The first-order valence-electron chi connectivity index (χ1n) is 7.57. The number of aromatic nitrogens is 2. The van der Waals surface area contributed by atoms with E-state index in [4.69, 9.17) is 11.6 Å². The number of nitrogens with one attached hydrogen (secondary N) is 1. The molecule has 8 heteroatoms. The number of rotatable bonds is 2. The second kappa shape index (κ2) is 4.92. The molecule has 3 atom stereocenters. The summed E-state index contributed by atoms with van der Waals surface area (Å²) in [6, 6.07) is 3.60. The molecule has 0 amide bonds. The van der Waals surface area contributed by atoms with Crippen molar-refractivity contribution < 1.29 is 13.5 Å². The van der Waals surface area contributed by atoms with Crippen LogP contribution in [-0.4, -0.2) is 47.4 Å². The molecule has 1 aromatic heterocycles. The van der Waals surface area contributed by atoms with Crippen molar-refractivity contribution in [2.24, 2.45) is 11.8 Å². The summed E-state index contributed by atoms with van der Waals surface area (Å²) in [6.45, 7) is 0.969. The zero-order chi connectivity index (χ0) is 16.4. The standard InChI is InChI=1S/C15H18ClN3O3S/c1-23(21,22)19-7-10-4-15(20,5-11(10)8-19)13-3-12(16)2-9-6-17-18-14(9)13/h2-3,6,10-11,20H,4-5,7-8H2,1H3,(H,17,18)/t10-,11?,15?/m1/s1. The summed E-state index contributed by atoms with van der Waals surface area (Å²) in [4.78, 5) is 0. The van der Waals surface area contributed by atoms with Crippen molar-refractivity contribution in [3.63, 3.8) is 0 Å². The highest BCUT2D eigenvalue weighted by molar-refractivity contribution is 7.88. The fourth-order valence-electron chi connectivity index (χ4n) is 4.19. The molecule has 2 aromatic rings. The SMILES string of the molecule is CS(=O)(=O)N1CC2CC(O)(c3cc(Cl)cc4cn[nH]c34)C[C@@H]2C1. The first-order chi connectivity index (χ1) is 10.8. The third-order valence-corrected chi connectivity index (χ3v) is 6.68. The monoisotopic (exact) mass is 355 g/mol. The summed E-state index contributed by atoms with van der Waals surface area (Å²) >= 11 is 6.18. The minimum Gasteiger partial charge on any atom is -0.385 e. The summed E-state index contributed by atoms with van der Waals surface area (Å²) in [6.07, 6.45) is 4.01. The fraction of sp³-hybridized carbons (Fsp3) is 0.533. The Labute approximate surface area is 139 Å². The predicted molar refractivity (Wildman–Crippen MR) is 87.6 cm³/mol. The number of fused-ring (bicyclic) bond motifs is 2. The highest BCUT2D eigenvalue weighted by Crippen LogP contribution is 2.50. The molecule has 1 aliphatic carbocycles. The Kier molecular flexibility index (Phi) is 3.29. The maximum absolute atomic E-state index is 11.7. The molecule has 23 heavy (non-hydrogen) atoms. The van der Waals surface area contributed by atoms with Crippen LogP contribution in [0.2, 0.25) is 5.02 Å². The molecule has 0 spiro atoms. The van der Waals surface area contributed by atoms with Crippen LogP contribution in [0, 0.1) is 11.8 Å². The van der Waals surface area contributed by atoms with Crippen molar-refractivity contribution in [2.75, 3.05) is 19.3 Å². The number of hydrogen-bond acceptors (Lipinski definition) is 4. The number of sulfonamides is 1. The van der Waals surface area contributed by atoms with Gasteiger partial charge in [-0.1, -0.05) is 11.6 Å². The van der Waals surface area contributed by atoms with E-state index in [2.05, 4.69) is 10.2 Å². The molecule has 2 N–H and O–H groups in total. The van der Waals surface area contributed by atoms with Crippen LogP contribution in [0.5, 0.6) is 0 Å². The Balaban J connectivity index is 1.68. The molecular weight excluding hydrogens is 338 g/mol. The Hall–Kier alpha value is -1.15. The van der Waals surface area contributed by atoms with E-state index in [1.807, 2.05) is 6.07 Å². The van der Waals surface area contributed by atoms with E-state index in [-0.39, 0.29) is 11.8 Å². The molecule has 1 saturated heterocycles. The van der Waals surface area contributed by atoms with Gasteiger partial charge in [-0.2, -0.15) is 5.10 Å². The average molecular weight is 356 g/mol. The van der Waals surface area contributed by atoms with Gasteiger partial charge < -0.3 is 5.11 Å². The van der Waals surface area contributed by atoms with Gasteiger partial charge in [0.15, 0.2) is 0 Å². The Morgan fingerprint density at radius 1 is 1.35 bits per heavy atom. The molecular formula is C15H18ClN3O3S. The highest BCUT2D eigenvalue weighted by atomic mass is 35.5. The van der Waals surface area contributed by atoms with Gasteiger partial charge in [-0.25, -0.2) is 12.7 Å². The van der Waals surface area contributed by atoms with Gasteiger partial charge in [-0.15, -0.1) is 0 Å². The molecule has 6 nitrogen and oxygen atoms in total. The van der Waals surface area contributed by atoms with E-state index in [1.165, 1.54) is 10.6 Å². The van der Waals surface area contributed by atoms with Crippen LogP contribution in [0.15, 0.2) is 18.3 Å². The average Bonchev–Trinajstić information content (AvgIpc) is 3.09. The summed E-state index contributed by atoms with van der Waals surface area (Å²) < 4.78 is 24.9. The van der Waals surface area contributed by atoms with Crippen LogP contribution in [-0.2, 0) is 15.6 Å². The Morgan fingerprint density at radius 2 is 2.00 bits per heavy atom. The molecule has 2 heterocycles. The number of benzene rings is 1. The van der Waals surface area contributed by atoms with Gasteiger partial charge >= 0.3 is 0 Å². The number of H-pyrrole nitrogens is 1. The Bertz CT molecular complexity index is 865. The van der Waals surface area contributed by atoms with Gasteiger partial charge in [0, 0.05) is 29.1 Å². The van der Waals surface area contributed by atoms with Crippen molar-refractivity contribution >= 4 is 32.5 Å². The zero-order valence-electron chi connectivity index (χ0n) is 12.7. The first-order valence-corrected chi connectivity index (χ1v) is 9.79.